The van der Waals surface area contributed by atoms with E-state index in [1.807, 2.05) is 61.5 Å². The van der Waals surface area contributed by atoms with Crippen molar-refractivity contribution in [2.45, 2.75) is 25.8 Å². The molecule has 30 heavy (non-hydrogen) atoms. The van der Waals surface area contributed by atoms with Gasteiger partial charge in [-0.15, -0.1) is 0 Å². The molecule has 0 spiro atoms. The number of phenolic OH excluding ortho intramolecular Hbond substituents is 1. The van der Waals surface area contributed by atoms with Crippen molar-refractivity contribution in [2.75, 3.05) is 10.6 Å². The van der Waals surface area contributed by atoms with Crippen molar-refractivity contribution >= 4 is 23.3 Å². The molecule has 1 atom stereocenters. The van der Waals surface area contributed by atoms with Crippen LogP contribution in [0.1, 0.15) is 30.5 Å². The smallest absolute Gasteiger partial charge is 0.323 e. The van der Waals surface area contributed by atoms with Gasteiger partial charge in [0.2, 0.25) is 5.91 Å². The monoisotopic (exact) mass is 403 g/mol. The predicted molar refractivity (Wildman–Crippen MR) is 119 cm³/mol. The van der Waals surface area contributed by atoms with Gasteiger partial charge < -0.3 is 21.1 Å². The van der Waals surface area contributed by atoms with Crippen LogP contribution in [-0.2, 0) is 11.2 Å². The first-order valence-electron chi connectivity index (χ1n) is 9.80. The van der Waals surface area contributed by atoms with Crippen molar-refractivity contribution in [3.63, 3.8) is 0 Å². The second-order valence-corrected chi connectivity index (χ2v) is 6.99. The SMILES string of the molecule is CC(NC(=O)CCc1ccccc1O)c1ccc(NC(=O)Nc2ccccc2)cc1. The molecule has 6 nitrogen and oxygen atoms in total. The molecule has 0 aliphatic carbocycles. The largest absolute Gasteiger partial charge is 0.508 e. The lowest BCUT2D eigenvalue weighted by Gasteiger charge is -2.15. The highest BCUT2D eigenvalue weighted by atomic mass is 16.3. The average Bonchev–Trinajstić information content (AvgIpc) is 2.74. The summed E-state index contributed by atoms with van der Waals surface area (Å²) < 4.78 is 0. The van der Waals surface area contributed by atoms with Gasteiger partial charge >= 0.3 is 6.03 Å². The number of aromatic hydroxyl groups is 1. The van der Waals surface area contributed by atoms with Gasteiger partial charge in [-0.25, -0.2) is 4.79 Å². The van der Waals surface area contributed by atoms with Gasteiger partial charge in [0, 0.05) is 17.8 Å². The zero-order valence-electron chi connectivity index (χ0n) is 16.8. The van der Waals surface area contributed by atoms with Gasteiger partial charge in [-0.2, -0.15) is 0 Å². The number of nitrogens with one attached hydrogen (secondary N) is 3. The first-order valence-corrected chi connectivity index (χ1v) is 9.80. The molecule has 3 aromatic carbocycles. The third-order valence-corrected chi connectivity index (χ3v) is 4.69. The zero-order chi connectivity index (χ0) is 21.3. The number of carbonyl (C=O) groups excluding carboxylic acids is 2. The Bertz CT molecular complexity index is 988. The first-order chi connectivity index (χ1) is 14.5. The van der Waals surface area contributed by atoms with E-state index in [0.29, 0.717) is 24.2 Å². The summed E-state index contributed by atoms with van der Waals surface area (Å²) in [5.74, 6) is 0.118. The van der Waals surface area contributed by atoms with E-state index in [0.717, 1.165) is 11.1 Å². The molecule has 0 aliphatic heterocycles. The fraction of sp³-hybridized carbons (Fsp3) is 0.167. The molecule has 0 heterocycles. The number of phenols is 1. The minimum atomic E-state index is -0.320. The molecular weight excluding hydrogens is 378 g/mol. The number of benzene rings is 3. The van der Waals surface area contributed by atoms with E-state index in [1.165, 1.54) is 0 Å². The second kappa shape index (κ2) is 10.1. The van der Waals surface area contributed by atoms with Gasteiger partial charge in [-0.3, -0.25) is 4.79 Å². The molecule has 0 saturated heterocycles. The number of aryl methyl sites for hydroxylation is 1. The molecular formula is C24H25N3O3. The van der Waals surface area contributed by atoms with Gasteiger partial charge in [0.05, 0.1) is 6.04 Å². The maximum absolute atomic E-state index is 12.2. The topological polar surface area (TPSA) is 90.5 Å². The molecule has 0 aliphatic rings. The molecule has 4 N–H and O–H groups in total. The standard InChI is InChI=1S/C24H25N3O3/c1-17(25-23(29)16-13-19-7-5-6-10-22(19)28)18-11-14-21(15-12-18)27-24(30)26-20-8-3-2-4-9-20/h2-12,14-15,17,28H,13,16H2,1H3,(H,25,29)(H2,26,27,30). The Balaban J connectivity index is 1.48. The number of carbonyl (C=O) groups is 2. The third kappa shape index (κ3) is 6.10. The van der Waals surface area contributed by atoms with Crippen LogP contribution in [-0.4, -0.2) is 17.0 Å². The van der Waals surface area contributed by atoms with Crippen LogP contribution in [0.25, 0.3) is 0 Å². The van der Waals surface area contributed by atoms with Crippen LogP contribution in [0.2, 0.25) is 0 Å². The summed E-state index contributed by atoms with van der Waals surface area (Å²) in [7, 11) is 0. The van der Waals surface area contributed by atoms with Crippen LogP contribution in [0, 0.1) is 0 Å². The summed E-state index contributed by atoms with van der Waals surface area (Å²) in [6.07, 6.45) is 0.770. The summed E-state index contributed by atoms with van der Waals surface area (Å²) in [6, 6.07) is 23.1. The van der Waals surface area contributed by atoms with Crippen LogP contribution in [0.3, 0.4) is 0 Å². The number of urea groups is 1. The van der Waals surface area contributed by atoms with Crippen molar-refractivity contribution in [1.82, 2.24) is 5.32 Å². The maximum atomic E-state index is 12.2. The highest BCUT2D eigenvalue weighted by Crippen LogP contribution is 2.19. The minimum absolute atomic E-state index is 0.0878. The summed E-state index contributed by atoms with van der Waals surface area (Å²) >= 11 is 0. The van der Waals surface area contributed by atoms with Gasteiger partial charge in [0.15, 0.2) is 0 Å². The lowest BCUT2D eigenvalue weighted by atomic mass is 10.1. The fourth-order valence-corrected chi connectivity index (χ4v) is 3.04. The molecule has 3 aromatic rings. The van der Waals surface area contributed by atoms with E-state index >= 15 is 0 Å². The average molecular weight is 403 g/mol. The Morgan fingerprint density at radius 2 is 1.43 bits per heavy atom. The molecule has 0 bridgehead atoms. The first kappa shape index (κ1) is 20.9. The third-order valence-electron chi connectivity index (χ3n) is 4.69. The Hall–Kier alpha value is -3.80. The lowest BCUT2D eigenvalue weighted by molar-refractivity contribution is -0.121. The Morgan fingerprint density at radius 3 is 2.10 bits per heavy atom. The molecule has 3 amide bonds. The Kier molecular flexibility index (Phi) is 7.05. The molecule has 0 saturated carbocycles. The van der Waals surface area contributed by atoms with E-state index < -0.39 is 0 Å². The van der Waals surface area contributed by atoms with Gasteiger partial charge in [0.25, 0.3) is 0 Å². The highest BCUT2D eigenvalue weighted by molar-refractivity contribution is 5.99. The maximum Gasteiger partial charge on any atom is 0.323 e. The number of hydrogen-bond donors (Lipinski definition) is 4. The van der Waals surface area contributed by atoms with Crippen molar-refractivity contribution < 1.29 is 14.7 Å². The van der Waals surface area contributed by atoms with E-state index in [1.54, 1.807) is 24.3 Å². The number of amides is 3. The molecule has 0 aromatic heterocycles. The van der Waals surface area contributed by atoms with E-state index in [-0.39, 0.29) is 23.7 Å². The van der Waals surface area contributed by atoms with Crippen LogP contribution < -0.4 is 16.0 Å². The Morgan fingerprint density at radius 1 is 0.833 bits per heavy atom. The van der Waals surface area contributed by atoms with Crippen molar-refractivity contribution in [3.8, 4) is 5.75 Å². The van der Waals surface area contributed by atoms with Gasteiger partial charge in [-0.05, 0) is 54.8 Å². The normalized spacial score (nSPS) is 11.4. The zero-order valence-corrected chi connectivity index (χ0v) is 16.8. The van der Waals surface area contributed by atoms with E-state index in [9.17, 15) is 14.7 Å². The van der Waals surface area contributed by atoms with Crippen molar-refractivity contribution in [3.05, 3.63) is 90.0 Å². The molecule has 3 rings (SSSR count). The lowest BCUT2D eigenvalue weighted by Crippen LogP contribution is -2.26. The molecule has 0 radical (unpaired) electrons. The number of hydrogen-bond acceptors (Lipinski definition) is 3. The van der Waals surface area contributed by atoms with Gasteiger partial charge in [-0.1, -0.05) is 48.5 Å². The van der Waals surface area contributed by atoms with Crippen molar-refractivity contribution in [1.29, 1.82) is 0 Å². The van der Waals surface area contributed by atoms with E-state index in [2.05, 4.69) is 16.0 Å². The summed E-state index contributed by atoms with van der Waals surface area (Å²) in [5, 5.41) is 18.3. The summed E-state index contributed by atoms with van der Waals surface area (Å²) in [5.41, 5.74) is 3.06. The number of para-hydroxylation sites is 2. The summed E-state index contributed by atoms with van der Waals surface area (Å²) in [6.45, 7) is 1.91. The Labute approximate surface area is 176 Å². The van der Waals surface area contributed by atoms with Crippen LogP contribution in [0.4, 0.5) is 16.2 Å². The second-order valence-electron chi connectivity index (χ2n) is 6.99. The summed E-state index contributed by atoms with van der Waals surface area (Å²) in [4.78, 5) is 24.3. The van der Waals surface area contributed by atoms with Crippen molar-refractivity contribution in [2.24, 2.45) is 0 Å². The van der Waals surface area contributed by atoms with Crippen LogP contribution >= 0.6 is 0 Å². The molecule has 154 valence electrons. The molecule has 0 fully saturated rings. The molecule has 6 heteroatoms. The fourth-order valence-electron chi connectivity index (χ4n) is 3.04. The quantitative estimate of drug-likeness (QED) is 0.455. The number of anilines is 2. The molecule has 1 unspecified atom stereocenters. The van der Waals surface area contributed by atoms with E-state index in [4.69, 9.17) is 0 Å². The minimum Gasteiger partial charge on any atom is -0.508 e. The van der Waals surface area contributed by atoms with Crippen LogP contribution in [0.15, 0.2) is 78.9 Å². The highest BCUT2D eigenvalue weighted by Gasteiger charge is 2.11. The van der Waals surface area contributed by atoms with Gasteiger partial charge in [0.1, 0.15) is 5.75 Å². The number of rotatable bonds is 7. The van der Waals surface area contributed by atoms with Crippen LogP contribution in [0.5, 0.6) is 5.75 Å². The predicted octanol–water partition coefficient (Wildman–Crippen LogP) is 4.85.